The third-order valence-electron chi connectivity index (χ3n) is 18.8. The molecular formula is C65H79F5N11O16P. The first-order chi connectivity index (χ1) is 46.7. The summed E-state index contributed by atoms with van der Waals surface area (Å²) in [6.07, 6.45) is -2.05. The lowest BCUT2D eigenvalue weighted by atomic mass is 9.89. The summed E-state index contributed by atoms with van der Waals surface area (Å²) in [6.45, 7) is 5.27. The number of anilines is 2. The molecule has 0 unspecified atom stereocenters. The molecule has 6 aromatic rings. The van der Waals surface area contributed by atoms with Crippen LogP contribution in [0.25, 0.3) is 22.1 Å². The molecule has 9 atom stereocenters. The van der Waals surface area contributed by atoms with Gasteiger partial charge in [0.1, 0.15) is 52.9 Å². The topological polar surface area (TPSA) is 320 Å². The van der Waals surface area contributed by atoms with Crippen molar-refractivity contribution in [1.29, 1.82) is 0 Å². The first-order valence-electron chi connectivity index (χ1n) is 32.0. The van der Waals surface area contributed by atoms with E-state index in [0.29, 0.717) is 43.4 Å². The number of hydrogen-bond acceptors (Lipinski definition) is 18. The van der Waals surface area contributed by atoms with Crippen molar-refractivity contribution in [3.8, 4) is 0 Å². The number of imidazole rings is 2. The lowest BCUT2D eigenvalue weighted by Crippen LogP contribution is -2.54. The Morgan fingerprint density at radius 3 is 1.71 bits per heavy atom. The van der Waals surface area contributed by atoms with E-state index in [2.05, 4.69) is 25.5 Å². The summed E-state index contributed by atoms with van der Waals surface area (Å²) in [6, 6.07) is 5.85. The van der Waals surface area contributed by atoms with E-state index in [0.717, 1.165) is 38.0 Å². The molecule has 10 rings (SSSR count). The molecule has 0 aliphatic carbocycles. The highest BCUT2D eigenvalue weighted by atomic mass is 31.2. The maximum atomic E-state index is 17.7. The number of ether oxygens (including phenoxy) is 6. The van der Waals surface area contributed by atoms with E-state index >= 15 is 17.6 Å². The Morgan fingerprint density at radius 1 is 0.622 bits per heavy atom. The van der Waals surface area contributed by atoms with Gasteiger partial charge in [-0.25, -0.2) is 60.2 Å². The lowest BCUT2D eigenvalue weighted by Gasteiger charge is -2.36. The van der Waals surface area contributed by atoms with Crippen LogP contribution in [0.4, 0.5) is 47.7 Å². The van der Waals surface area contributed by atoms with Crippen LogP contribution < -0.4 is 25.8 Å². The second kappa shape index (κ2) is 30.6. The Bertz CT molecular complexity index is 3960. The summed E-state index contributed by atoms with van der Waals surface area (Å²) in [7, 11) is -0.0452. The minimum atomic E-state index is -5.06. The molecule has 2 aromatic heterocycles. The van der Waals surface area contributed by atoms with Crippen LogP contribution in [0.3, 0.4) is 0 Å². The number of esters is 1. The zero-order valence-corrected chi connectivity index (χ0v) is 56.0. The second-order valence-electron chi connectivity index (χ2n) is 25.0. The molecule has 6 heterocycles. The van der Waals surface area contributed by atoms with Gasteiger partial charge in [-0.2, -0.15) is 0 Å². The van der Waals surface area contributed by atoms with Crippen LogP contribution in [-0.2, 0) is 58.6 Å². The number of benzene rings is 4. The number of H-pyrrole nitrogens is 1. The number of carbonyl (C=O) groups is 6. The van der Waals surface area contributed by atoms with Crippen LogP contribution in [0.15, 0.2) is 60.7 Å². The maximum absolute atomic E-state index is 17.7. The van der Waals surface area contributed by atoms with E-state index in [1.807, 2.05) is 0 Å². The number of nitrogens with one attached hydrogen (secondary N) is 4. The molecule has 5 amide bonds. The highest BCUT2D eigenvalue weighted by molar-refractivity contribution is 7.46. The minimum Gasteiger partial charge on any atom is -0.453 e. The van der Waals surface area contributed by atoms with Crippen molar-refractivity contribution in [3.63, 3.8) is 0 Å². The molecule has 0 bridgehead atoms. The summed E-state index contributed by atoms with van der Waals surface area (Å²) in [5.41, 5.74) is 1.03. The third-order valence-corrected chi connectivity index (χ3v) is 19.3. The molecule has 4 fully saturated rings. The molecule has 98 heavy (non-hydrogen) atoms. The minimum absolute atomic E-state index is 0.00971. The number of phosphoric acid groups is 1. The van der Waals surface area contributed by atoms with Gasteiger partial charge >= 0.3 is 32.1 Å². The molecule has 0 radical (unpaired) electrons. The van der Waals surface area contributed by atoms with Gasteiger partial charge in [0.05, 0.1) is 72.7 Å². The van der Waals surface area contributed by atoms with Crippen LogP contribution in [0.2, 0.25) is 0 Å². The van der Waals surface area contributed by atoms with E-state index in [9.17, 15) is 37.7 Å². The quantitative estimate of drug-likeness (QED) is 0.0114. The average molecular weight is 1400 g/mol. The Balaban J connectivity index is 1.06. The molecule has 530 valence electrons. The summed E-state index contributed by atoms with van der Waals surface area (Å²) in [4.78, 5) is 118. The number of nitrogens with zero attached hydrogens (tertiary/aromatic N) is 7. The summed E-state index contributed by atoms with van der Waals surface area (Å²) in [5.74, 6) is -6.44. The van der Waals surface area contributed by atoms with Gasteiger partial charge in [-0.15, -0.1) is 0 Å². The highest BCUT2D eigenvalue weighted by Crippen LogP contribution is 2.51. The SMILES string of the molecule is COC(=O)N[C@H](C(=O)N1CCC[C@H]1c1nc2cc(F)c([C@H]3CC[C@H](c4cc5c(cc4F)nc([C@@H]4CCCN4C(=O)[C@@H](NC(=O)OC)[C@@H](C)OC)n5COC(=O)[C@@H](NC(=O)OCOP(=O)(O)O)C(C)C)N3c3cc(F)c(N4CCC(c5ccc(F)cc5)CC4)c(F)c3)cc2[nH]1)[C@@H](C)OC. The molecule has 0 saturated carbocycles. The molecule has 0 spiro atoms. The number of aromatic amines is 1. The third kappa shape index (κ3) is 15.6. The van der Waals surface area contributed by atoms with E-state index in [-0.39, 0.29) is 96.2 Å². The number of carbonyl (C=O) groups excluding carboxylic acids is 6. The van der Waals surface area contributed by atoms with Crippen LogP contribution in [-0.4, -0.2) is 167 Å². The van der Waals surface area contributed by atoms with Gasteiger partial charge in [-0.3, -0.25) is 14.2 Å². The first-order valence-corrected chi connectivity index (χ1v) is 33.6. The zero-order valence-electron chi connectivity index (χ0n) is 55.1. The fourth-order valence-corrected chi connectivity index (χ4v) is 13.9. The number of halogens is 5. The van der Waals surface area contributed by atoms with E-state index in [1.54, 1.807) is 54.5 Å². The largest absolute Gasteiger partial charge is 0.472 e. The number of methoxy groups -OCH3 is 4. The highest BCUT2D eigenvalue weighted by Gasteiger charge is 2.44. The summed E-state index contributed by atoms with van der Waals surface area (Å²) >= 11 is 0. The van der Waals surface area contributed by atoms with Gasteiger partial charge in [-0.05, 0) is 119 Å². The number of piperidine rings is 1. The van der Waals surface area contributed by atoms with Gasteiger partial charge in [0.15, 0.2) is 18.4 Å². The zero-order chi connectivity index (χ0) is 70.6. The molecule has 4 aromatic carbocycles. The molecule has 4 saturated heterocycles. The van der Waals surface area contributed by atoms with E-state index < -0.39 is 147 Å². The van der Waals surface area contributed by atoms with Crippen LogP contribution in [0.1, 0.15) is 137 Å². The maximum Gasteiger partial charge on any atom is 0.472 e. The lowest BCUT2D eigenvalue weighted by molar-refractivity contribution is -0.151. The molecule has 4 aliphatic heterocycles. The van der Waals surface area contributed by atoms with Crippen molar-refractivity contribution in [1.82, 2.24) is 45.3 Å². The molecule has 27 nitrogen and oxygen atoms in total. The van der Waals surface area contributed by atoms with Crippen molar-refractivity contribution in [2.45, 2.75) is 146 Å². The predicted octanol–water partition coefficient (Wildman–Crippen LogP) is 9.24. The Labute approximate surface area is 560 Å². The number of phosphoric ester groups is 1. The average Bonchev–Trinajstić information content (AvgIpc) is 1.28. The molecular weight excluding hydrogens is 1320 g/mol. The molecule has 33 heteroatoms. The standard InChI is InChI=1S/C65H79F5N11O16P/c1-33(2)54(74-65(87)96-32-97-98(88,89)90)62(84)95-31-80-53-28-41(43(68)30-48(53)73-59(80)52-12-10-22-79(52)61(83)56(35(4)92-6)76-64(86)94-8)50-18-17-49(81(50)39-25-44(69)57(45(70)26-39)77-23-19-37(20-24-77)36-13-15-38(66)16-14-36)40-27-46-47(29-42(40)67)72-58(71-46)51-11-9-21-78(51)60(82)55(34(3)91-5)75-63(85)93-7/h13-16,25-30,33-35,37,49-52,54-56H,9-12,17-24,31-32H2,1-8H3,(H,71,72)(H,74,87)(H,75,85)(H,76,86)(H2,88,89,90)/t34-,35-,49-,50-,51+,52+,54+,55+,56+/m1/s1. The van der Waals surface area contributed by atoms with Gasteiger partial charge in [0.25, 0.3) is 0 Å². The summed E-state index contributed by atoms with van der Waals surface area (Å²) < 4.78 is 132. The Hall–Kier alpha value is -8.68. The van der Waals surface area contributed by atoms with Crippen molar-refractivity contribution >= 4 is 77.3 Å². The van der Waals surface area contributed by atoms with Gasteiger partial charge < -0.3 is 78.7 Å². The van der Waals surface area contributed by atoms with Crippen LogP contribution in [0, 0.1) is 35.0 Å². The van der Waals surface area contributed by atoms with Gasteiger partial charge in [-0.1, -0.05) is 26.0 Å². The second-order valence-corrected chi connectivity index (χ2v) is 26.2. The van der Waals surface area contributed by atoms with Crippen molar-refractivity contribution in [3.05, 3.63) is 118 Å². The number of aromatic nitrogens is 4. The monoisotopic (exact) mass is 1400 g/mol. The smallest absolute Gasteiger partial charge is 0.453 e. The Kier molecular flexibility index (Phi) is 22.5. The first kappa shape index (κ1) is 72.1. The molecule has 6 N–H and O–H groups in total. The number of hydrogen-bond donors (Lipinski definition) is 6. The van der Waals surface area contributed by atoms with Gasteiger partial charge in [0.2, 0.25) is 18.6 Å². The number of rotatable bonds is 23. The molecule has 4 aliphatic rings. The fraction of sp³-hybridized carbons (Fsp3) is 0.508. The predicted molar refractivity (Wildman–Crippen MR) is 341 cm³/mol. The van der Waals surface area contributed by atoms with E-state index in [4.69, 9.17) is 48.2 Å². The van der Waals surface area contributed by atoms with Crippen molar-refractivity contribution < 1.29 is 98.0 Å². The van der Waals surface area contributed by atoms with Crippen LogP contribution >= 0.6 is 7.82 Å². The van der Waals surface area contributed by atoms with Crippen molar-refractivity contribution in [2.75, 3.05) is 71.2 Å². The van der Waals surface area contributed by atoms with Crippen LogP contribution in [0.5, 0.6) is 0 Å². The number of alkyl carbamates (subject to hydrolysis) is 3. The Morgan fingerprint density at radius 2 is 1.16 bits per heavy atom. The van der Waals surface area contributed by atoms with Crippen molar-refractivity contribution in [2.24, 2.45) is 5.92 Å². The number of amides is 5. The number of fused-ring (bicyclic) bond motifs is 2. The fourth-order valence-electron chi connectivity index (χ4n) is 13.7. The normalized spacial score (nSPS) is 20.0. The number of likely N-dealkylation sites (tertiary alicyclic amines) is 2. The summed E-state index contributed by atoms with van der Waals surface area (Å²) in [5, 5.41) is 7.38. The van der Waals surface area contributed by atoms with E-state index in [1.165, 1.54) is 54.0 Å². The van der Waals surface area contributed by atoms with Gasteiger partial charge in [0, 0.05) is 69.3 Å².